The average Bonchev–Trinajstić information content (AvgIpc) is 3.01. The third-order valence-corrected chi connectivity index (χ3v) is 5.17. The molecule has 3 rings (SSSR count). The minimum absolute atomic E-state index is 0.0469. The normalized spacial score (nSPS) is 39.5. The summed E-state index contributed by atoms with van der Waals surface area (Å²) in [4.78, 5) is 0. The highest BCUT2D eigenvalue weighted by molar-refractivity contribution is 4.94. The van der Waals surface area contributed by atoms with Crippen molar-refractivity contribution in [3.05, 3.63) is 0 Å². The predicted octanol–water partition coefficient (Wildman–Crippen LogP) is 2.49. The quantitative estimate of drug-likeness (QED) is 0.838. The van der Waals surface area contributed by atoms with Crippen LogP contribution in [0.1, 0.15) is 51.9 Å². The second-order valence-corrected chi connectivity index (χ2v) is 6.52. The molecule has 1 spiro atoms. The minimum atomic E-state index is 0.0469. The summed E-state index contributed by atoms with van der Waals surface area (Å²) in [6, 6.07) is 1.31. The van der Waals surface area contributed by atoms with E-state index >= 15 is 0 Å². The van der Waals surface area contributed by atoms with Crippen molar-refractivity contribution >= 4 is 0 Å². The Balaban J connectivity index is 1.52. The van der Waals surface area contributed by atoms with E-state index in [-0.39, 0.29) is 5.60 Å². The van der Waals surface area contributed by atoms with Gasteiger partial charge in [0.15, 0.2) is 0 Å². The van der Waals surface area contributed by atoms with Crippen LogP contribution in [0.3, 0.4) is 0 Å². The highest BCUT2D eigenvalue weighted by atomic mass is 16.6. The van der Waals surface area contributed by atoms with Gasteiger partial charge in [-0.3, -0.25) is 0 Å². The van der Waals surface area contributed by atoms with Crippen LogP contribution in [0.5, 0.6) is 0 Å². The van der Waals surface area contributed by atoms with Crippen molar-refractivity contribution in [2.45, 2.75) is 69.6 Å². The zero-order valence-corrected chi connectivity index (χ0v) is 11.6. The van der Waals surface area contributed by atoms with Crippen molar-refractivity contribution in [3.8, 4) is 0 Å². The van der Waals surface area contributed by atoms with Crippen molar-refractivity contribution < 1.29 is 9.47 Å². The number of nitrogens with one attached hydrogen (secondary N) is 1. The van der Waals surface area contributed by atoms with Gasteiger partial charge < -0.3 is 14.8 Å². The lowest BCUT2D eigenvalue weighted by Crippen LogP contribution is -2.50. The van der Waals surface area contributed by atoms with E-state index in [1.807, 2.05) is 0 Å². The van der Waals surface area contributed by atoms with Crippen molar-refractivity contribution in [3.63, 3.8) is 0 Å². The second-order valence-electron chi connectivity index (χ2n) is 6.52. The largest absolute Gasteiger partial charge is 0.378 e. The van der Waals surface area contributed by atoms with Gasteiger partial charge in [-0.2, -0.15) is 0 Å². The fourth-order valence-electron chi connectivity index (χ4n) is 4.00. The van der Waals surface area contributed by atoms with Crippen LogP contribution in [0.4, 0.5) is 0 Å². The summed E-state index contributed by atoms with van der Waals surface area (Å²) < 4.78 is 11.5. The zero-order valence-electron chi connectivity index (χ0n) is 11.6. The summed E-state index contributed by atoms with van der Waals surface area (Å²) in [5, 5.41) is 3.88. The molecule has 3 nitrogen and oxygen atoms in total. The smallest absolute Gasteiger partial charge is 0.0951 e. The van der Waals surface area contributed by atoms with Gasteiger partial charge in [-0.1, -0.05) is 12.8 Å². The molecule has 2 heterocycles. The lowest BCUT2D eigenvalue weighted by Gasteiger charge is -2.39. The molecule has 1 saturated carbocycles. The van der Waals surface area contributed by atoms with Crippen LogP contribution in [0.2, 0.25) is 0 Å². The first-order valence-corrected chi connectivity index (χ1v) is 7.75. The predicted molar refractivity (Wildman–Crippen MR) is 71.7 cm³/mol. The van der Waals surface area contributed by atoms with Crippen molar-refractivity contribution in [2.75, 3.05) is 19.8 Å². The Morgan fingerprint density at radius 3 is 2.72 bits per heavy atom. The Morgan fingerprint density at radius 2 is 2.00 bits per heavy atom. The van der Waals surface area contributed by atoms with Crippen LogP contribution in [-0.4, -0.2) is 37.5 Å². The minimum Gasteiger partial charge on any atom is -0.378 e. The summed E-state index contributed by atoms with van der Waals surface area (Å²) in [7, 11) is 0. The maximum atomic E-state index is 6.00. The molecule has 0 aromatic carbocycles. The Labute approximate surface area is 111 Å². The van der Waals surface area contributed by atoms with Gasteiger partial charge >= 0.3 is 0 Å². The van der Waals surface area contributed by atoms with Crippen LogP contribution in [0, 0.1) is 5.92 Å². The van der Waals surface area contributed by atoms with Gasteiger partial charge in [0.2, 0.25) is 0 Å². The first kappa shape index (κ1) is 12.9. The van der Waals surface area contributed by atoms with Crippen LogP contribution in [-0.2, 0) is 9.47 Å². The molecule has 3 aliphatic rings. The first-order valence-electron chi connectivity index (χ1n) is 7.75. The van der Waals surface area contributed by atoms with Gasteiger partial charge in [0.05, 0.1) is 12.2 Å². The second kappa shape index (κ2) is 5.48. The maximum absolute atomic E-state index is 6.00. The van der Waals surface area contributed by atoms with E-state index in [0.29, 0.717) is 12.1 Å². The van der Waals surface area contributed by atoms with Crippen LogP contribution in [0.15, 0.2) is 0 Å². The number of ether oxygens (including phenoxy) is 2. The monoisotopic (exact) mass is 253 g/mol. The zero-order chi connectivity index (χ0) is 12.4. The summed E-state index contributed by atoms with van der Waals surface area (Å²) in [5.41, 5.74) is 0.0469. The fourth-order valence-corrected chi connectivity index (χ4v) is 4.00. The summed E-state index contributed by atoms with van der Waals surface area (Å²) in [6.45, 7) is 4.97. The Hall–Kier alpha value is -0.120. The molecule has 0 aromatic rings. The molecule has 3 unspecified atom stereocenters. The SMILES string of the molecule is CC(NC1CCOC2(CCOC2)C1)C1CCCC1. The number of hydrogen-bond acceptors (Lipinski definition) is 3. The van der Waals surface area contributed by atoms with E-state index in [1.54, 1.807) is 0 Å². The van der Waals surface area contributed by atoms with Gasteiger partial charge in [0, 0.05) is 31.7 Å². The van der Waals surface area contributed by atoms with Gasteiger partial charge in [-0.05, 0) is 38.5 Å². The first-order chi connectivity index (χ1) is 8.77. The Bertz CT molecular complexity index is 270. The molecule has 104 valence electrons. The third-order valence-electron chi connectivity index (χ3n) is 5.17. The van der Waals surface area contributed by atoms with Crippen LogP contribution < -0.4 is 5.32 Å². The van der Waals surface area contributed by atoms with Crippen molar-refractivity contribution in [2.24, 2.45) is 5.92 Å². The molecule has 18 heavy (non-hydrogen) atoms. The summed E-state index contributed by atoms with van der Waals surface area (Å²) >= 11 is 0. The molecular formula is C15H27NO2. The molecule has 3 heteroatoms. The number of hydrogen-bond donors (Lipinski definition) is 1. The van der Waals surface area contributed by atoms with E-state index in [2.05, 4.69) is 12.2 Å². The van der Waals surface area contributed by atoms with E-state index < -0.39 is 0 Å². The van der Waals surface area contributed by atoms with E-state index in [1.165, 1.54) is 32.1 Å². The molecule has 0 bridgehead atoms. The maximum Gasteiger partial charge on any atom is 0.0951 e. The molecule has 0 aromatic heterocycles. The van der Waals surface area contributed by atoms with Gasteiger partial charge in [0.25, 0.3) is 0 Å². The Kier molecular flexibility index (Phi) is 3.92. The molecule has 1 N–H and O–H groups in total. The molecule has 1 aliphatic carbocycles. The number of rotatable bonds is 3. The summed E-state index contributed by atoms with van der Waals surface area (Å²) in [6.07, 6.45) is 9.10. The standard InChI is InChI=1S/C15H27NO2/c1-12(13-4-2-3-5-13)16-14-6-8-18-15(10-14)7-9-17-11-15/h12-14,16H,2-11H2,1H3. The molecular weight excluding hydrogens is 226 g/mol. The molecule has 2 aliphatic heterocycles. The average molecular weight is 253 g/mol. The van der Waals surface area contributed by atoms with Gasteiger partial charge in [-0.15, -0.1) is 0 Å². The molecule has 3 fully saturated rings. The Morgan fingerprint density at radius 1 is 1.17 bits per heavy atom. The highest BCUT2D eigenvalue weighted by Gasteiger charge is 2.41. The van der Waals surface area contributed by atoms with Crippen molar-refractivity contribution in [1.82, 2.24) is 5.32 Å². The van der Waals surface area contributed by atoms with Crippen molar-refractivity contribution in [1.29, 1.82) is 0 Å². The van der Waals surface area contributed by atoms with E-state index in [4.69, 9.17) is 9.47 Å². The molecule has 0 amide bonds. The van der Waals surface area contributed by atoms with Gasteiger partial charge in [0.1, 0.15) is 0 Å². The van der Waals surface area contributed by atoms with Crippen LogP contribution in [0.25, 0.3) is 0 Å². The van der Waals surface area contributed by atoms with Crippen LogP contribution >= 0.6 is 0 Å². The van der Waals surface area contributed by atoms with Gasteiger partial charge in [-0.25, -0.2) is 0 Å². The highest BCUT2D eigenvalue weighted by Crippen LogP contribution is 2.34. The lowest BCUT2D eigenvalue weighted by molar-refractivity contribution is -0.0907. The topological polar surface area (TPSA) is 30.5 Å². The lowest BCUT2D eigenvalue weighted by atomic mass is 9.88. The molecule has 2 saturated heterocycles. The molecule has 0 radical (unpaired) electrons. The molecule has 3 atom stereocenters. The summed E-state index contributed by atoms with van der Waals surface area (Å²) in [5.74, 6) is 0.906. The third kappa shape index (κ3) is 2.73. The fraction of sp³-hybridized carbons (Fsp3) is 1.00. The van der Waals surface area contributed by atoms with E-state index in [9.17, 15) is 0 Å². The van der Waals surface area contributed by atoms with E-state index in [0.717, 1.165) is 38.6 Å².